The maximum absolute atomic E-state index is 12.8. The van der Waals surface area contributed by atoms with Crippen molar-refractivity contribution in [3.63, 3.8) is 0 Å². The van der Waals surface area contributed by atoms with E-state index in [2.05, 4.69) is 92.1 Å². The lowest BCUT2D eigenvalue weighted by atomic mass is 10.0. The van der Waals surface area contributed by atoms with E-state index in [9.17, 15) is 14.4 Å². The zero-order chi connectivity index (χ0) is 43.7. The number of hydrogen-bond donors (Lipinski definition) is 2. The lowest BCUT2D eigenvalue weighted by Gasteiger charge is -2.18. The quantitative estimate of drug-likeness (QED) is 0.0362. The molecule has 0 saturated heterocycles. The summed E-state index contributed by atoms with van der Waals surface area (Å²) in [5.41, 5.74) is 0. The average Bonchev–Trinajstić information content (AvgIpc) is 3.24. The van der Waals surface area contributed by atoms with Crippen LogP contribution in [0.2, 0.25) is 0 Å². The fourth-order valence-electron chi connectivity index (χ4n) is 7.18. The summed E-state index contributed by atoms with van der Waals surface area (Å²) in [5, 5.41) is 11.1. The maximum atomic E-state index is 12.8. The fourth-order valence-corrected chi connectivity index (χ4v) is 7.18. The normalized spacial score (nSPS) is 12.7. The summed E-state index contributed by atoms with van der Waals surface area (Å²) in [6.07, 6.45) is 66.1. The van der Waals surface area contributed by atoms with Gasteiger partial charge < -0.3 is 15.2 Å². The topological polar surface area (TPSA) is 92.7 Å². The fraction of sp³-hybridized carbons (Fsp3) is 0.722. The summed E-state index contributed by atoms with van der Waals surface area (Å²) in [7, 11) is 0. The van der Waals surface area contributed by atoms with Crippen molar-refractivity contribution in [2.45, 2.75) is 245 Å². The van der Waals surface area contributed by atoms with E-state index in [0.717, 1.165) is 109 Å². The number of hydrogen-bond acceptors (Lipinski definition) is 4. The first-order chi connectivity index (χ1) is 29.5. The van der Waals surface area contributed by atoms with Crippen LogP contribution in [0.5, 0.6) is 0 Å². The second-order valence-electron chi connectivity index (χ2n) is 16.7. The van der Waals surface area contributed by atoms with Crippen molar-refractivity contribution >= 4 is 17.8 Å². The minimum absolute atomic E-state index is 0.000207. The molecule has 6 nitrogen and oxygen atoms in total. The van der Waals surface area contributed by atoms with Gasteiger partial charge in [-0.25, -0.2) is 0 Å². The third-order valence-corrected chi connectivity index (χ3v) is 10.9. The van der Waals surface area contributed by atoms with Gasteiger partial charge in [-0.05, 0) is 109 Å². The van der Waals surface area contributed by atoms with Crippen LogP contribution in [0.25, 0.3) is 0 Å². The van der Waals surface area contributed by atoms with Gasteiger partial charge in [0.15, 0.2) is 0 Å². The molecule has 0 fully saturated rings. The molecule has 0 heterocycles. The van der Waals surface area contributed by atoms with Crippen LogP contribution < -0.4 is 5.32 Å². The minimum Gasteiger partial charge on any atom is -0.480 e. The number of nitrogens with one attached hydrogen (secondary N) is 1. The highest BCUT2D eigenvalue weighted by Gasteiger charge is 2.14. The summed E-state index contributed by atoms with van der Waals surface area (Å²) in [5.74, 6) is -1.25. The molecule has 0 aliphatic carbocycles. The number of carboxylic acid groups (broad SMARTS) is 1. The third-order valence-electron chi connectivity index (χ3n) is 10.9. The van der Waals surface area contributed by atoms with Gasteiger partial charge in [-0.2, -0.15) is 0 Å². The molecule has 0 aromatic carbocycles. The van der Waals surface area contributed by atoms with Gasteiger partial charge in [0.25, 0.3) is 0 Å². The second-order valence-corrected chi connectivity index (χ2v) is 16.7. The van der Waals surface area contributed by atoms with Crippen LogP contribution in [0.3, 0.4) is 0 Å². The molecule has 0 aliphatic rings. The molecule has 344 valence electrons. The number of carbonyl (C=O) groups is 3. The Morgan fingerprint density at radius 3 is 1.28 bits per heavy atom. The number of aliphatic carboxylic acids is 1. The Kier molecular flexibility index (Phi) is 46.0. The highest BCUT2D eigenvalue weighted by Crippen LogP contribution is 2.19. The molecule has 0 bridgehead atoms. The Labute approximate surface area is 370 Å². The van der Waals surface area contributed by atoms with Crippen LogP contribution in [0.4, 0.5) is 0 Å². The van der Waals surface area contributed by atoms with Crippen molar-refractivity contribution in [2.75, 3.05) is 6.54 Å². The highest BCUT2D eigenvalue weighted by atomic mass is 16.5. The first-order valence-electron chi connectivity index (χ1n) is 25.1. The molecule has 0 aromatic heterocycles. The zero-order valence-electron chi connectivity index (χ0n) is 39.0. The zero-order valence-corrected chi connectivity index (χ0v) is 39.0. The van der Waals surface area contributed by atoms with Gasteiger partial charge in [-0.15, -0.1) is 0 Å². The van der Waals surface area contributed by atoms with Gasteiger partial charge in [0.2, 0.25) is 5.91 Å². The van der Waals surface area contributed by atoms with E-state index in [1.807, 2.05) is 0 Å². The number of esters is 1. The predicted molar refractivity (Wildman–Crippen MR) is 258 cm³/mol. The van der Waals surface area contributed by atoms with E-state index in [1.165, 1.54) is 103 Å². The van der Waals surface area contributed by atoms with Crippen molar-refractivity contribution in [2.24, 2.45) is 0 Å². The van der Waals surface area contributed by atoms with Crippen molar-refractivity contribution in [1.29, 1.82) is 0 Å². The Bertz CT molecular complexity index is 1150. The first kappa shape index (κ1) is 56.9. The van der Waals surface area contributed by atoms with E-state index < -0.39 is 5.97 Å². The second kappa shape index (κ2) is 48.5. The molecule has 1 unspecified atom stereocenters. The summed E-state index contributed by atoms with van der Waals surface area (Å²) >= 11 is 0. The molecule has 0 aliphatic heterocycles. The van der Waals surface area contributed by atoms with E-state index >= 15 is 0 Å². The molecular formula is C54H93NO5. The van der Waals surface area contributed by atoms with Crippen molar-refractivity contribution in [1.82, 2.24) is 5.32 Å². The molecule has 2 N–H and O–H groups in total. The van der Waals surface area contributed by atoms with Crippen molar-refractivity contribution in [3.05, 3.63) is 72.9 Å². The number of ether oxygens (including phenoxy) is 1. The monoisotopic (exact) mass is 836 g/mol. The van der Waals surface area contributed by atoms with Crippen molar-refractivity contribution in [3.8, 4) is 0 Å². The van der Waals surface area contributed by atoms with Gasteiger partial charge in [0.05, 0.1) is 0 Å². The molecule has 0 rings (SSSR count). The molecule has 0 saturated carbocycles. The van der Waals surface area contributed by atoms with E-state index in [-0.39, 0.29) is 24.5 Å². The van der Waals surface area contributed by atoms with E-state index in [0.29, 0.717) is 12.8 Å². The van der Waals surface area contributed by atoms with Crippen molar-refractivity contribution < 1.29 is 24.2 Å². The minimum atomic E-state index is -1.02. The van der Waals surface area contributed by atoms with E-state index in [1.54, 1.807) is 0 Å². The number of carboxylic acids is 1. The van der Waals surface area contributed by atoms with Gasteiger partial charge in [-0.3, -0.25) is 14.4 Å². The summed E-state index contributed by atoms with van der Waals surface area (Å²) in [4.78, 5) is 35.2. The van der Waals surface area contributed by atoms with Gasteiger partial charge >= 0.3 is 11.9 Å². The number of amides is 1. The molecular weight excluding hydrogens is 743 g/mol. The standard InChI is InChI=1S/C54H93NO5/c1-3-5-7-9-11-13-15-17-19-20-21-22-23-24-25-26-28-30-32-34-36-41-45-49-54(59)60-51(47-43-39-37-40-44-48-52(56)55-50-53(57)58)46-42-38-35-33-31-29-27-18-16-14-12-10-8-6-4-2/h5,7,11,13,17,19,21-22,24-25,29,31,51H,3-4,6,8-10,12,14-16,18,20,23,26-28,30,32-50H2,1-2H3,(H,55,56)(H,57,58)/b7-5-,13-11-,19-17-,22-21-,25-24-,31-29-. The van der Waals surface area contributed by atoms with Gasteiger partial charge in [0, 0.05) is 12.8 Å². The lowest BCUT2D eigenvalue weighted by molar-refractivity contribution is -0.150. The predicted octanol–water partition coefficient (Wildman–Crippen LogP) is 16.1. The highest BCUT2D eigenvalue weighted by molar-refractivity contribution is 5.80. The molecule has 0 aromatic rings. The van der Waals surface area contributed by atoms with Crippen LogP contribution in [-0.2, 0) is 19.1 Å². The molecule has 0 radical (unpaired) electrons. The van der Waals surface area contributed by atoms with E-state index in [4.69, 9.17) is 9.84 Å². The molecule has 6 heteroatoms. The van der Waals surface area contributed by atoms with Gasteiger partial charge in [-0.1, -0.05) is 189 Å². The molecule has 60 heavy (non-hydrogen) atoms. The summed E-state index contributed by atoms with van der Waals surface area (Å²) in [6, 6.07) is 0. The average molecular weight is 836 g/mol. The summed E-state index contributed by atoms with van der Waals surface area (Å²) < 4.78 is 6.05. The SMILES string of the molecule is CC/C=C\C/C=C\C/C=C\C/C=C\C/C=C\CCCCCCCCCC(=O)OC(CCCCC/C=C\CCCCCCCCCC)CCCCCCCC(=O)NCC(=O)O. The Morgan fingerprint density at radius 1 is 0.450 bits per heavy atom. The number of allylic oxidation sites excluding steroid dienone is 12. The Balaban J connectivity index is 4.17. The number of unbranched alkanes of at least 4 members (excludes halogenated alkanes) is 22. The van der Waals surface area contributed by atoms with Crippen LogP contribution in [0.15, 0.2) is 72.9 Å². The largest absolute Gasteiger partial charge is 0.480 e. The van der Waals surface area contributed by atoms with Crippen LogP contribution >= 0.6 is 0 Å². The van der Waals surface area contributed by atoms with Crippen LogP contribution in [0, 0.1) is 0 Å². The summed E-state index contributed by atoms with van der Waals surface area (Å²) in [6.45, 7) is 4.12. The maximum Gasteiger partial charge on any atom is 0.322 e. The lowest BCUT2D eigenvalue weighted by Crippen LogP contribution is -2.28. The van der Waals surface area contributed by atoms with Crippen LogP contribution in [0.1, 0.15) is 239 Å². The third kappa shape index (κ3) is 47.5. The molecule has 1 amide bonds. The Hall–Kier alpha value is -3.15. The van der Waals surface area contributed by atoms with Crippen LogP contribution in [-0.4, -0.2) is 35.6 Å². The number of carbonyl (C=O) groups excluding carboxylic acids is 2. The Morgan fingerprint density at radius 2 is 0.817 bits per heavy atom. The smallest absolute Gasteiger partial charge is 0.322 e. The van der Waals surface area contributed by atoms with Gasteiger partial charge in [0.1, 0.15) is 12.6 Å². The molecule has 0 spiro atoms. The molecule has 1 atom stereocenters. The number of rotatable bonds is 45. The first-order valence-corrected chi connectivity index (χ1v) is 25.1.